The molecule has 10 nitrogen and oxygen atoms in total. The zero-order chi connectivity index (χ0) is 30.7. The number of hydrogen-bond acceptors (Lipinski definition) is 10. The molecule has 0 saturated carbocycles. The van der Waals surface area contributed by atoms with E-state index in [1.807, 2.05) is 24.3 Å². The number of isocyanates is 4. The van der Waals surface area contributed by atoms with Gasteiger partial charge in [0.15, 0.2) is 0 Å². The Morgan fingerprint density at radius 1 is 0.409 bits per heavy atom. The van der Waals surface area contributed by atoms with Gasteiger partial charge in [0.25, 0.3) is 0 Å². The molecule has 44 heavy (non-hydrogen) atoms. The van der Waals surface area contributed by atoms with Crippen molar-refractivity contribution in [2.24, 2.45) is 20.0 Å². The van der Waals surface area contributed by atoms with E-state index in [9.17, 15) is 19.2 Å². The Hall–Kier alpha value is -6.78. The van der Waals surface area contributed by atoms with E-state index in [1.54, 1.807) is 97.1 Å². The number of benzene rings is 5. The van der Waals surface area contributed by atoms with E-state index in [1.165, 1.54) is 12.2 Å². The van der Waals surface area contributed by atoms with E-state index in [0.717, 1.165) is 0 Å². The maximum absolute atomic E-state index is 11.0. The van der Waals surface area contributed by atoms with Crippen molar-refractivity contribution in [1.82, 2.24) is 0 Å². The van der Waals surface area contributed by atoms with Gasteiger partial charge in [-0.25, -0.2) is 19.2 Å². The standard InChI is InChI=1S/C34H18N4O6/c39-19-35-25-4-10-29(11-5-25)43-33-14-8-27(37-21-41)17-31(33)23-2-1-3-24(16-23)32-18-28(38-22-42)9-15-34(32)44-30-12-6-26(7-13-30)36-20-40/h1-18H. The highest BCUT2D eigenvalue weighted by molar-refractivity contribution is 5.82. The average molecular weight is 579 g/mol. The molecule has 0 saturated heterocycles. The van der Waals surface area contributed by atoms with Crippen molar-refractivity contribution in [3.63, 3.8) is 0 Å². The van der Waals surface area contributed by atoms with Crippen molar-refractivity contribution in [1.29, 1.82) is 0 Å². The minimum absolute atomic E-state index is 0.372. The van der Waals surface area contributed by atoms with E-state index < -0.39 is 0 Å². The van der Waals surface area contributed by atoms with Crippen LogP contribution in [0.5, 0.6) is 23.0 Å². The normalized spacial score (nSPS) is 9.82. The number of hydrogen-bond donors (Lipinski definition) is 0. The molecule has 0 radical (unpaired) electrons. The van der Waals surface area contributed by atoms with Gasteiger partial charge >= 0.3 is 0 Å². The average Bonchev–Trinajstić information content (AvgIpc) is 3.05. The molecule has 0 heterocycles. The summed E-state index contributed by atoms with van der Waals surface area (Å²) in [6, 6.07) is 30.6. The van der Waals surface area contributed by atoms with E-state index in [0.29, 0.717) is 68.0 Å². The molecule has 5 rings (SSSR count). The lowest BCUT2D eigenvalue weighted by Gasteiger charge is -2.15. The van der Waals surface area contributed by atoms with Crippen LogP contribution in [0.15, 0.2) is 129 Å². The number of rotatable bonds is 10. The monoisotopic (exact) mass is 578 g/mol. The molecule has 0 amide bonds. The number of nitrogens with zero attached hydrogens (tertiary/aromatic N) is 4. The van der Waals surface area contributed by atoms with Gasteiger partial charge in [-0.2, -0.15) is 20.0 Å². The first kappa shape index (κ1) is 28.7. The minimum atomic E-state index is 0.372. The van der Waals surface area contributed by atoms with Crippen LogP contribution in [0.3, 0.4) is 0 Å². The quantitative estimate of drug-likeness (QED) is 0.120. The summed E-state index contributed by atoms with van der Waals surface area (Å²) in [7, 11) is 0. The Balaban J connectivity index is 1.57. The van der Waals surface area contributed by atoms with Crippen LogP contribution in [-0.4, -0.2) is 24.3 Å². The van der Waals surface area contributed by atoms with E-state index >= 15 is 0 Å². The van der Waals surface area contributed by atoms with Crippen LogP contribution < -0.4 is 9.47 Å². The largest absolute Gasteiger partial charge is 0.457 e. The topological polar surface area (TPSA) is 136 Å². The molecular formula is C34H18N4O6. The van der Waals surface area contributed by atoms with E-state index in [-0.39, 0.29) is 0 Å². The van der Waals surface area contributed by atoms with Crippen molar-refractivity contribution < 1.29 is 28.7 Å². The summed E-state index contributed by atoms with van der Waals surface area (Å²) in [5.74, 6) is 1.90. The van der Waals surface area contributed by atoms with Crippen LogP contribution in [0.1, 0.15) is 0 Å². The third-order valence-corrected chi connectivity index (χ3v) is 6.24. The van der Waals surface area contributed by atoms with Gasteiger partial charge in [-0.05, 0) is 102 Å². The molecular weight excluding hydrogens is 560 g/mol. The van der Waals surface area contributed by atoms with Gasteiger partial charge in [-0.3, -0.25) is 0 Å². The zero-order valence-corrected chi connectivity index (χ0v) is 22.6. The van der Waals surface area contributed by atoms with Gasteiger partial charge in [-0.15, -0.1) is 0 Å². The first-order valence-electron chi connectivity index (χ1n) is 12.9. The first-order valence-corrected chi connectivity index (χ1v) is 12.9. The van der Waals surface area contributed by atoms with Crippen molar-refractivity contribution in [2.75, 3.05) is 0 Å². The third-order valence-electron chi connectivity index (χ3n) is 6.24. The van der Waals surface area contributed by atoms with Gasteiger partial charge in [0.05, 0.1) is 22.7 Å². The summed E-state index contributed by atoms with van der Waals surface area (Å²) in [5.41, 5.74) is 4.28. The molecule has 0 bridgehead atoms. The Labute approximate surface area is 250 Å². The molecule has 0 fully saturated rings. The lowest BCUT2D eigenvalue weighted by atomic mass is 9.97. The number of carbonyl (C=O) groups excluding carboxylic acids is 4. The molecule has 0 aliphatic rings. The zero-order valence-electron chi connectivity index (χ0n) is 22.6. The molecule has 0 unspecified atom stereocenters. The minimum Gasteiger partial charge on any atom is -0.457 e. The maximum atomic E-state index is 11.0. The predicted molar refractivity (Wildman–Crippen MR) is 161 cm³/mol. The molecule has 210 valence electrons. The summed E-state index contributed by atoms with van der Waals surface area (Å²) in [6.45, 7) is 0. The first-order chi connectivity index (χ1) is 21.6. The second-order valence-electron chi connectivity index (χ2n) is 8.95. The summed E-state index contributed by atoms with van der Waals surface area (Å²) < 4.78 is 12.3. The Bertz CT molecular complexity index is 1890. The highest BCUT2D eigenvalue weighted by Gasteiger charge is 2.14. The van der Waals surface area contributed by atoms with Crippen molar-refractivity contribution >= 4 is 47.1 Å². The number of ether oxygens (including phenoxy) is 2. The third kappa shape index (κ3) is 6.92. The molecule has 0 aliphatic heterocycles. The van der Waals surface area contributed by atoms with Gasteiger partial charge in [0, 0.05) is 11.1 Å². The molecule has 0 spiro atoms. The van der Waals surface area contributed by atoms with Crippen molar-refractivity contribution in [3.05, 3.63) is 109 Å². The summed E-state index contributed by atoms with van der Waals surface area (Å²) in [4.78, 5) is 57.8. The van der Waals surface area contributed by atoms with Crippen LogP contribution in [0.25, 0.3) is 22.3 Å². The molecule has 10 heteroatoms. The fourth-order valence-corrected chi connectivity index (χ4v) is 4.30. The fourth-order valence-electron chi connectivity index (χ4n) is 4.30. The predicted octanol–water partition coefficient (Wildman–Crippen LogP) is 8.47. The summed E-state index contributed by atoms with van der Waals surface area (Å²) in [6.07, 6.45) is 6.11. The van der Waals surface area contributed by atoms with Crippen LogP contribution in [0.2, 0.25) is 0 Å². The smallest absolute Gasteiger partial charge is 0.240 e. The van der Waals surface area contributed by atoms with Crippen LogP contribution in [0.4, 0.5) is 22.7 Å². The second-order valence-corrected chi connectivity index (χ2v) is 8.95. The molecule has 0 N–H and O–H groups in total. The van der Waals surface area contributed by atoms with Crippen LogP contribution in [0, 0.1) is 0 Å². The van der Waals surface area contributed by atoms with Gasteiger partial charge < -0.3 is 9.47 Å². The summed E-state index contributed by atoms with van der Waals surface area (Å²) in [5, 5.41) is 0. The van der Waals surface area contributed by atoms with Crippen molar-refractivity contribution in [3.8, 4) is 45.3 Å². The summed E-state index contributed by atoms with van der Waals surface area (Å²) >= 11 is 0. The molecule has 0 aliphatic carbocycles. The van der Waals surface area contributed by atoms with Crippen molar-refractivity contribution in [2.45, 2.75) is 0 Å². The van der Waals surface area contributed by atoms with Crippen LogP contribution in [-0.2, 0) is 19.2 Å². The molecule has 0 aromatic heterocycles. The highest BCUT2D eigenvalue weighted by atomic mass is 16.5. The Morgan fingerprint density at radius 2 is 0.773 bits per heavy atom. The lowest BCUT2D eigenvalue weighted by molar-refractivity contribution is 0.484. The van der Waals surface area contributed by atoms with Gasteiger partial charge in [0.2, 0.25) is 24.3 Å². The second kappa shape index (κ2) is 13.7. The lowest BCUT2D eigenvalue weighted by Crippen LogP contribution is -1.91. The molecule has 5 aromatic rings. The highest BCUT2D eigenvalue weighted by Crippen LogP contribution is 2.41. The molecule has 5 aromatic carbocycles. The van der Waals surface area contributed by atoms with E-state index in [2.05, 4.69) is 20.0 Å². The molecule has 0 atom stereocenters. The maximum Gasteiger partial charge on any atom is 0.240 e. The Kier molecular flexibility index (Phi) is 8.96. The fraction of sp³-hybridized carbons (Fsp3) is 0. The Morgan fingerprint density at radius 3 is 1.16 bits per heavy atom. The number of aliphatic imine (C=N–C) groups is 4. The van der Waals surface area contributed by atoms with Crippen LogP contribution >= 0.6 is 0 Å². The van der Waals surface area contributed by atoms with Gasteiger partial charge in [0.1, 0.15) is 23.0 Å². The van der Waals surface area contributed by atoms with E-state index in [4.69, 9.17) is 9.47 Å². The SMILES string of the molecule is O=C=Nc1ccc(Oc2ccc(N=C=O)cc2-c2cccc(-c3cc(N=C=O)ccc3Oc3ccc(N=C=O)cc3)c2)cc1. The van der Waals surface area contributed by atoms with Gasteiger partial charge in [-0.1, -0.05) is 18.2 Å².